The summed E-state index contributed by atoms with van der Waals surface area (Å²) < 4.78 is 22.5. The molecule has 0 amide bonds. The summed E-state index contributed by atoms with van der Waals surface area (Å²) in [5, 5.41) is 0. The van der Waals surface area contributed by atoms with Crippen molar-refractivity contribution in [3.8, 4) is 23.0 Å². The van der Waals surface area contributed by atoms with E-state index in [9.17, 15) is 0 Å². The van der Waals surface area contributed by atoms with Crippen LogP contribution < -0.4 is 18.9 Å². The minimum absolute atomic E-state index is 0.834. The van der Waals surface area contributed by atoms with Crippen LogP contribution in [0.2, 0.25) is 0 Å². The van der Waals surface area contributed by atoms with Crippen molar-refractivity contribution < 1.29 is 18.9 Å². The van der Waals surface area contributed by atoms with Gasteiger partial charge < -0.3 is 18.9 Å². The summed E-state index contributed by atoms with van der Waals surface area (Å²) in [7, 11) is 6.90. The number of benzene rings is 2. The van der Waals surface area contributed by atoms with Crippen LogP contribution in [0, 0.1) is 0 Å². The van der Waals surface area contributed by atoms with Gasteiger partial charge in [-0.1, -0.05) is 0 Å². The number of ether oxygens (including phenoxy) is 4. The molecular formula is C20H24O4S2. The maximum atomic E-state index is 5.62. The molecule has 2 aromatic rings. The van der Waals surface area contributed by atoms with Crippen molar-refractivity contribution in [3.63, 3.8) is 0 Å². The fourth-order valence-corrected chi connectivity index (χ4v) is 5.03. The number of hydrogen-bond acceptors (Lipinski definition) is 6. The Balaban J connectivity index is 2.00. The van der Waals surface area contributed by atoms with Gasteiger partial charge in [0, 0.05) is 45.3 Å². The smallest absolute Gasteiger partial charge is 0.123 e. The van der Waals surface area contributed by atoms with Crippen molar-refractivity contribution in [1.82, 2.24) is 0 Å². The highest BCUT2D eigenvalue weighted by Gasteiger charge is 2.16. The molecule has 0 atom stereocenters. The third kappa shape index (κ3) is 4.01. The lowest BCUT2D eigenvalue weighted by atomic mass is 10.1. The average molecular weight is 393 g/mol. The van der Waals surface area contributed by atoms with Crippen molar-refractivity contribution in [2.24, 2.45) is 0 Å². The summed E-state index contributed by atoms with van der Waals surface area (Å²) >= 11 is 3.64. The molecule has 2 aromatic carbocycles. The first-order chi connectivity index (χ1) is 12.7. The summed E-state index contributed by atoms with van der Waals surface area (Å²) in [5.41, 5.74) is 4.57. The molecule has 6 rings (SSSR count). The van der Waals surface area contributed by atoms with Crippen LogP contribution in [-0.2, 0) is 23.0 Å². The van der Waals surface area contributed by atoms with E-state index in [4.69, 9.17) is 18.9 Å². The molecule has 0 radical (unpaired) electrons. The zero-order valence-corrected chi connectivity index (χ0v) is 17.2. The van der Waals surface area contributed by atoms with Crippen molar-refractivity contribution in [2.75, 3.05) is 28.4 Å². The van der Waals surface area contributed by atoms with Crippen LogP contribution >= 0.6 is 23.5 Å². The van der Waals surface area contributed by atoms with Crippen molar-refractivity contribution in [3.05, 3.63) is 46.5 Å². The van der Waals surface area contributed by atoms with Crippen LogP contribution in [0.5, 0.6) is 23.0 Å². The van der Waals surface area contributed by atoms with E-state index in [0.29, 0.717) is 0 Å². The first-order valence-electron chi connectivity index (χ1n) is 8.33. The Morgan fingerprint density at radius 2 is 0.731 bits per heavy atom. The van der Waals surface area contributed by atoms with E-state index in [1.54, 1.807) is 28.4 Å². The van der Waals surface area contributed by atoms with Gasteiger partial charge in [0.25, 0.3) is 0 Å². The van der Waals surface area contributed by atoms with E-state index in [1.165, 1.54) is 0 Å². The van der Waals surface area contributed by atoms with Gasteiger partial charge >= 0.3 is 0 Å². The Morgan fingerprint density at radius 3 is 0.923 bits per heavy atom. The quantitative estimate of drug-likeness (QED) is 0.737. The molecule has 4 aliphatic rings. The van der Waals surface area contributed by atoms with Crippen molar-refractivity contribution in [2.45, 2.75) is 23.0 Å². The van der Waals surface area contributed by atoms with Crippen LogP contribution in [0.1, 0.15) is 22.3 Å². The predicted octanol–water partition coefficient (Wildman–Crippen LogP) is 4.90. The molecule has 0 saturated heterocycles. The maximum absolute atomic E-state index is 5.62. The van der Waals surface area contributed by atoms with E-state index >= 15 is 0 Å². The molecule has 4 heterocycles. The molecule has 0 unspecified atom stereocenters. The van der Waals surface area contributed by atoms with Crippen molar-refractivity contribution >= 4 is 23.5 Å². The lowest BCUT2D eigenvalue weighted by molar-refractivity contribution is 0.397. The minimum atomic E-state index is 0.834. The van der Waals surface area contributed by atoms with E-state index < -0.39 is 0 Å². The Hall–Kier alpha value is -1.66. The second-order valence-electron chi connectivity index (χ2n) is 5.94. The number of thioether (sulfide) groups is 2. The molecule has 0 aliphatic carbocycles. The molecule has 4 aliphatic heterocycles. The Labute approximate surface area is 163 Å². The zero-order chi connectivity index (χ0) is 18.5. The van der Waals surface area contributed by atoms with Gasteiger partial charge in [-0.2, -0.15) is 23.5 Å². The molecule has 0 spiro atoms. The molecule has 0 saturated carbocycles. The molecule has 0 fully saturated rings. The molecule has 26 heavy (non-hydrogen) atoms. The molecule has 140 valence electrons. The van der Waals surface area contributed by atoms with Crippen LogP contribution in [0.3, 0.4) is 0 Å². The molecule has 4 bridgehead atoms. The first-order valence-corrected chi connectivity index (χ1v) is 10.6. The summed E-state index contributed by atoms with van der Waals surface area (Å²) in [6, 6.07) is 8.42. The average Bonchev–Trinajstić information content (AvgIpc) is 2.68. The highest BCUT2D eigenvalue weighted by atomic mass is 32.2. The summed E-state index contributed by atoms with van der Waals surface area (Å²) in [6.45, 7) is 0. The molecule has 4 nitrogen and oxygen atoms in total. The lowest BCUT2D eigenvalue weighted by Crippen LogP contribution is -2.00. The SMILES string of the molecule is COc1cc2c(OC)cc1CSCc1cc(OC)c(cc1OC)CSC2. The Morgan fingerprint density at radius 1 is 0.500 bits per heavy atom. The van der Waals surface area contributed by atoms with Gasteiger partial charge in [0.2, 0.25) is 0 Å². The zero-order valence-electron chi connectivity index (χ0n) is 15.6. The van der Waals surface area contributed by atoms with Gasteiger partial charge in [0.15, 0.2) is 0 Å². The minimum Gasteiger partial charge on any atom is -0.496 e. The lowest BCUT2D eigenvalue weighted by Gasteiger charge is -2.18. The number of rotatable bonds is 4. The largest absolute Gasteiger partial charge is 0.496 e. The van der Waals surface area contributed by atoms with E-state index in [-0.39, 0.29) is 0 Å². The van der Waals surface area contributed by atoms with Gasteiger partial charge in [-0.3, -0.25) is 0 Å². The first kappa shape index (κ1) is 19.1. The van der Waals surface area contributed by atoms with E-state index in [1.807, 2.05) is 23.5 Å². The van der Waals surface area contributed by atoms with Gasteiger partial charge in [0.05, 0.1) is 28.4 Å². The van der Waals surface area contributed by atoms with Crippen LogP contribution in [0.4, 0.5) is 0 Å². The topological polar surface area (TPSA) is 36.9 Å². The second kappa shape index (κ2) is 8.82. The predicted molar refractivity (Wildman–Crippen MR) is 109 cm³/mol. The fourth-order valence-electron chi connectivity index (χ4n) is 3.04. The summed E-state index contributed by atoms with van der Waals surface area (Å²) in [6.07, 6.45) is 0. The van der Waals surface area contributed by atoms with Crippen LogP contribution in [0.15, 0.2) is 24.3 Å². The molecule has 6 heteroatoms. The van der Waals surface area contributed by atoms with Gasteiger partial charge in [-0.15, -0.1) is 0 Å². The Kier molecular flexibility index (Phi) is 6.48. The number of methoxy groups -OCH3 is 4. The van der Waals surface area contributed by atoms with Gasteiger partial charge in [0.1, 0.15) is 23.0 Å². The second-order valence-corrected chi connectivity index (χ2v) is 7.91. The highest BCUT2D eigenvalue weighted by molar-refractivity contribution is 7.98. The fraction of sp³-hybridized carbons (Fsp3) is 0.400. The standard InChI is InChI=1S/C20H24O4S2/c1-21-17-5-14-10-26-12-16-8-19(23-3)15(7-20(16)24-4)11-25-9-13(17)6-18(14)22-2/h5-8H,9-12H2,1-4H3. The van der Waals surface area contributed by atoms with Gasteiger partial charge in [-0.25, -0.2) is 0 Å². The Bertz CT molecular complexity index is 648. The molecular weight excluding hydrogens is 368 g/mol. The van der Waals surface area contributed by atoms with E-state index in [0.717, 1.165) is 68.3 Å². The monoisotopic (exact) mass is 392 g/mol. The van der Waals surface area contributed by atoms with Crippen LogP contribution in [-0.4, -0.2) is 28.4 Å². The third-order valence-corrected chi connectivity index (χ3v) is 6.46. The van der Waals surface area contributed by atoms with E-state index in [2.05, 4.69) is 24.3 Å². The summed E-state index contributed by atoms with van der Waals surface area (Å²) in [5.74, 6) is 7.02. The third-order valence-electron chi connectivity index (χ3n) is 4.40. The summed E-state index contributed by atoms with van der Waals surface area (Å²) in [4.78, 5) is 0. The van der Waals surface area contributed by atoms with Crippen LogP contribution in [0.25, 0.3) is 0 Å². The maximum Gasteiger partial charge on any atom is 0.123 e. The normalized spacial score (nSPS) is 14.0. The number of hydrogen-bond donors (Lipinski definition) is 0. The molecule has 0 N–H and O–H groups in total. The molecule has 0 aromatic heterocycles. The van der Waals surface area contributed by atoms with Gasteiger partial charge in [-0.05, 0) is 24.3 Å². The highest BCUT2D eigenvalue weighted by Crippen LogP contribution is 2.39. The van der Waals surface area contributed by atoms with Crippen molar-refractivity contribution in [1.29, 1.82) is 0 Å².